The molecule has 4 rings (SSSR count). The number of halogens is 5. The summed E-state index contributed by atoms with van der Waals surface area (Å²) in [6, 6.07) is 4.16. The Hall–Kier alpha value is -3.48. The van der Waals surface area contributed by atoms with Gasteiger partial charge >= 0.3 is 12.2 Å². The Morgan fingerprint density at radius 2 is 1.84 bits per heavy atom. The number of rotatable bonds is 6. The number of urea groups is 1. The van der Waals surface area contributed by atoms with Gasteiger partial charge in [0.15, 0.2) is 9.84 Å². The maximum Gasteiger partial charge on any atom is 0.409 e. The van der Waals surface area contributed by atoms with Crippen molar-refractivity contribution in [1.29, 1.82) is 0 Å². The Bertz CT molecular complexity index is 1440. The van der Waals surface area contributed by atoms with Crippen LogP contribution in [0, 0.1) is 11.6 Å². The van der Waals surface area contributed by atoms with Crippen molar-refractivity contribution in [2.45, 2.75) is 55.8 Å². The van der Waals surface area contributed by atoms with Crippen LogP contribution in [0.2, 0.25) is 0 Å². The van der Waals surface area contributed by atoms with Crippen molar-refractivity contribution in [3.05, 3.63) is 71.6 Å². The number of fused-ring (bicyclic) bond motifs is 1. The number of amides is 2. The first-order valence-electron chi connectivity index (χ1n) is 11.8. The van der Waals surface area contributed by atoms with Crippen molar-refractivity contribution in [2.75, 3.05) is 11.2 Å². The largest absolute Gasteiger partial charge is 0.409 e. The van der Waals surface area contributed by atoms with Crippen LogP contribution in [0.4, 0.5) is 32.4 Å². The lowest BCUT2D eigenvalue weighted by atomic mass is 9.99. The quantitative estimate of drug-likeness (QED) is 0.407. The Balaban J connectivity index is 1.71. The fourth-order valence-electron chi connectivity index (χ4n) is 4.57. The number of nitrogens with zero attached hydrogens (tertiary/aromatic N) is 3. The molecule has 0 saturated heterocycles. The molecule has 7 nitrogen and oxygen atoms in total. The molecule has 2 aromatic carbocycles. The average molecular weight is 557 g/mol. The first-order valence-corrected chi connectivity index (χ1v) is 13.7. The molecule has 0 spiro atoms. The fraction of sp³-hybridized carbons (Fsp3) is 0.360. The van der Waals surface area contributed by atoms with Crippen LogP contribution in [0.1, 0.15) is 43.5 Å². The minimum absolute atomic E-state index is 0.0410. The highest BCUT2D eigenvalue weighted by Crippen LogP contribution is 2.39. The van der Waals surface area contributed by atoms with Crippen LogP contribution in [0.3, 0.4) is 0 Å². The predicted molar refractivity (Wildman–Crippen MR) is 130 cm³/mol. The first-order chi connectivity index (χ1) is 17.8. The molecule has 1 aromatic heterocycles. The van der Waals surface area contributed by atoms with Gasteiger partial charge in [-0.25, -0.2) is 26.7 Å². The van der Waals surface area contributed by atoms with Crippen LogP contribution >= 0.6 is 0 Å². The Morgan fingerprint density at radius 1 is 1.16 bits per heavy atom. The molecule has 13 heteroatoms. The van der Waals surface area contributed by atoms with Crippen LogP contribution in [-0.2, 0) is 16.3 Å². The zero-order chi connectivity index (χ0) is 27.8. The van der Waals surface area contributed by atoms with E-state index in [0.717, 1.165) is 18.5 Å². The number of carbonyl (C=O) groups excluding carboxylic acids is 1. The van der Waals surface area contributed by atoms with Crippen LogP contribution in [0.25, 0.3) is 5.69 Å². The highest BCUT2D eigenvalue weighted by molar-refractivity contribution is 7.90. The number of hydrogen-bond acceptors (Lipinski definition) is 4. The molecule has 0 aliphatic carbocycles. The smallest absolute Gasteiger partial charge is 0.331 e. The first kappa shape index (κ1) is 27.6. The SMILES string of the molecule is CCCC(NC(=O)N1c2cnn(-c3ccc(F)cc3)c2CCC1C(F)(F)F)c1ccc(S(C)(=O)=O)cc1F. The third kappa shape index (κ3) is 5.52. The highest BCUT2D eigenvalue weighted by atomic mass is 32.2. The molecule has 1 aliphatic heterocycles. The number of hydrogen-bond donors (Lipinski definition) is 1. The van der Waals surface area contributed by atoms with Crippen molar-refractivity contribution >= 4 is 21.6 Å². The number of benzene rings is 2. The number of carbonyl (C=O) groups is 1. The number of alkyl halides is 3. The molecule has 0 fully saturated rings. The van der Waals surface area contributed by atoms with Gasteiger partial charge in [-0.2, -0.15) is 18.3 Å². The Labute approximate surface area is 216 Å². The van der Waals surface area contributed by atoms with Gasteiger partial charge in [0.05, 0.1) is 34.2 Å². The molecule has 1 N–H and O–H groups in total. The van der Waals surface area contributed by atoms with Crippen LogP contribution < -0.4 is 10.2 Å². The van der Waals surface area contributed by atoms with E-state index in [2.05, 4.69) is 10.4 Å². The molecular formula is C25H25F5N4O3S. The van der Waals surface area contributed by atoms with Crippen molar-refractivity contribution in [2.24, 2.45) is 0 Å². The molecule has 0 radical (unpaired) electrons. The minimum Gasteiger partial charge on any atom is -0.331 e. The van der Waals surface area contributed by atoms with Crippen LogP contribution in [0.5, 0.6) is 0 Å². The molecule has 2 amide bonds. The minimum atomic E-state index is -4.75. The molecule has 38 heavy (non-hydrogen) atoms. The van der Waals surface area contributed by atoms with E-state index in [9.17, 15) is 35.2 Å². The maximum atomic E-state index is 14.9. The number of anilines is 1. The van der Waals surface area contributed by atoms with Gasteiger partial charge in [-0.3, -0.25) is 4.90 Å². The number of sulfone groups is 1. The molecule has 3 aromatic rings. The summed E-state index contributed by atoms with van der Waals surface area (Å²) in [6.45, 7) is 1.76. The van der Waals surface area contributed by atoms with E-state index in [0.29, 0.717) is 22.7 Å². The van der Waals surface area contributed by atoms with E-state index in [4.69, 9.17) is 0 Å². The second-order valence-electron chi connectivity index (χ2n) is 9.08. The maximum absolute atomic E-state index is 14.9. The molecule has 204 valence electrons. The molecule has 2 heterocycles. The molecule has 0 bridgehead atoms. The topological polar surface area (TPSA) is 84.3 Å². The number of nitrogens with one attached hydrogen (secondary N) is 1. The van der Waals surface area contributed by atoms with Gasteiger partial charge in [-0.05, 0) is 55.7 Å². The second-order valence-corrected chi connectivity index (χ2v) is 11.1. The average Bonchev–Trinajstić information content (AvgIpc) is 3.26. The zero-order valence-corrected chi connectivity index (χ0v) is 21.3. The van der Waals surface area contributed by atoms with Crippen LogP contribution in [0.15, 0.2) is 53.6 Å². The number of aromatic nitrogens is 2. The van der Waals surface area contributed by atoms with E-state index >= 15 is 0 Å². The predicted octanol–water partition coefficient (Wildman–Crippen LogP) is 5.49. The summed E-state index contributed by atoms with van der Waals surface area (Å²) in [4.78, 5) is 13.7. The molecule has 2 atom stereocenters. The van der Waals surface area contributed by atoms with Gasteiger partial charge in [-0.1, -0.05) is 19.4 Å². The standard InChI is InChI=1S/C25H25F5N4O3S/c1-3-4-20(18-10-9-17(13-19(18)27)38(2,36)37)32-24(35)33-22-14-31-34(16-7-5-15(26)6-8-16)21(22)11-12-23(33)25(28,29)30/h5-10,13-14,20,23H,3-4,11-12H2,1-2H3,(H,32,35). The summed E-state index contributed by atoms with van der Waals surface area (Å²) in [7, 11) is -3.69. The van der Waals surface area contributed by atoms with E-state index < -0.39 is 52.2 Å². The van der Waals surface area contributed by atoms with E-state index in [1.54, 1.807) is 6.92 Å². The Morgan fingerprint density at radius 3 is 2.42 bits per heavy atom. The lowest BCUT2D eigenvalue weighted by Gasteiger charge is -2.37. The van der Waals surface area contributed by atoms with Gasteiger partial charge in [0.2, 0.25) is 0 Å². The van der Waals surface area contributed by atoms with Crippen molar-refractivity contribution < 1.29 is 35.2 Å². The van der Waals surface area contributed by atoms with Crippen LogP contribution in [-0.4, -0.2) is 42.7 Å². The van der Waals surface area contributed by atoms with Crippen molar-refractivity contribution in [1.82, 2.24) is 15.1 Å². The second kappa shape index (κ2) is 10.4. The van der Waals surface area contributed by atoms with Crippen molar-refractivity contribution in [3.63, 3.8) is 0 Å². The zero-order valence-electron chi connectivity index (χ0n) is 20.5. The van der Waals surface area contributed by atoms with Crippen molar-refractivity contribution in [3.8, 4) is 5.69 Å². The summed E-state index contributed by atoms with van der Waals surface area (Å²) in [5.74, 6) is -1.39. The van der Waals surface area contributed by atoms with Gasteiger partial charge < -0.3 is 5.32 Å². The van der Waals surface area contributed by atoms with Gasteiger partial charge in [0.25, 0.3) is 0 Å². The highest BCUT2D eigenvalue weighted by Gasteiger charge is 2.49. The molecule has 0 saturated carbocycles. The van der Waals surface area contributed by atoms with Gasteiger partial charge in [0, 0.05) is 11.8 Å². The normalized spacial score (nSPS) is 16.7. The monoisotopic (exact) mass is 556 g/mol. The Kier molecular flexibility index (Phi) is 7.51. The van der Waals surface area contributed by atoms with Gasteiger partial charge in [-0.15, -0.1) is 0 Å². The summed E-state index contributed by atoms with van der Waals surface area (Å²) >= 11 is 0. The molecule has 2 unspecified atom stereocenters. The van der Waals surface area contributed by atoms with E-state index in [-0.39, 0.29) is 29.0 Å². The third-order valence-electron chi connectivity index (χ3n) is 6.39. The van der Waals surface area contributed by atoms with Gasteiger partial charge in [0.1, 0.15) is 17.7 Å². The lowest BCUT2D eigenvalue weighted by molar-refractivity contribution is -0.149. The lowest BCUT2D eigenvalue weighted by Crippen LogP contribution is -2.55. The molecule has 1 aliphatic rings. The summed E-state index contributed by atoms with van der Waals surface area (Å²) in [5, 5.41) is 6.67. The summed E-state index contributed by atoms with van der Waals surface area (Å²) in [6.07, 6.45) is -2.53. The fourth-order valence-corrected chi connectivity index (χ4v) is 5.20. The molecular weight excluding hydrogens is 531 g/mol. The van der Waals surface area contributed by atoms with E-state index in [1.807, 2.05) is 0 Å². The summed E-state index contributed by atoms with van der Waals surface area (Å²) < 4.78 is 95.3. The third-order valence-corrected chi connectivity index (χ3v) is 7.50. The summed E-state index contributed by atoms with van der Waals surface area (Å²) in [5.41, 5.74) is 0.636. The van der Waals surface area contributed by atoms with E-state index in [1.165, 1.54) is 41.1 Å².